The summed E-state index contributed by atoms with van der Waals surface area (Å²) in [6, 6.07) is 15.3. The third-order valence-electron chi connectivity index (χ3n) is 4.70. The largest absolute Gasteiger partial charge is 0.497 e. The number of nitrogens with zero attached hydrogens (tertiary/aromatic N) is 3. The molecule has 0 atom stereocenters. The van der Waals surface area contributed by atoms with Crippen molar-refractivity contribution >= 4 is 16.9 Å². The molecule has 2 aromatic carbocycles. The van der Waals surface area contributed by atoms with Crippen LogP contribution in [0.15, 0.2) is 54.9 Å². The fraction of sp³-hybridized carbons (Fsp3) is 0.136. The first-order valence-electron chi connectivity index (χ1n) is 8.92. The van der Waals surface area contributed by atoms with Crippen LogP contribution < -0.4 is 19.9 Å². The molecule has 0 saturated heterocycles. The summed E-state index contributed by atoms with van der Waals surface area (Å²) in [5.41, 5.74) is 9.93. The Kier molecular flexibility index (Phi) is 4.87. The molecule has 0 amide bonds. The quantitative estimate of drug-likeness (QED) is 0.553. The van der Waals surface area contributed by atoms with Crippen LogP contribution >= 0.6 is 0 Å². The number of nitrogens with two attached hydrogens (primary N) is 1. The van der Waals surface area contributed by atoms with Gasteiger partial charge in [-0.25, -0.2) is 15.0 Å². The lowest BCUT2D eigenvalue weighted by molar-refractivity contribution is 0.404. The third kappa shape index (κ3) is 3.38. The summed E-state index contributed by atoms with van der Waals surface area (Å²) in [6.07, 6.45) is 1.41. The van der Waals surface area contributed by atoms with Crippen molar-refractivity contribution in [3.63, 3.8) is 0 Å². The zero-order chi connectivity index (χ0) is 20.4. The highest BCUT2D eigenvalue weighted by molar-refractivity contribution is 6.01. The zero-order valence-corrected chi connectivity index (χ0v) is 16.3. The molecular weight excluding hydrogens is 368 g/mol. The second-order valence-corrected chi connectivity index (χ2v) is 6.31. The molecule has 0 unspecified atom stereocenters. The van der Waals surface area contributed by atoms with Gasteiger partial charge in [0.25, 0.3) is 0 Å². The summed E-state index contributed by atoms with van der Waals surface area (Å²) >= 11 is 0. The highest BCUT2D eigenvalue weighted by Gasteiger charge is 2.17. The Morgan fingerprint density at radius 1 is 0.793 bits per heavy atom. The van der Waals surface area contributed by atoms with Gasteiger partial charge in [-0.05, 0) is 47.5 Å². The van der Waals surface area contributed by atoms with E-state index in [-0.39, 0.29) is 0 Å². The van der Waals surface area contributed by atoms with Crippen LogP contribution in [0.25, 0.3) is 33.4 Å². The average Bonchev–Trinajstić information content (AvgIpc) is 2.78. The molecule has 4 rings (SSSR count). The number of rotatable bonds is 5. The van der Waals surface area contributed by atoms with Crippen molar-refractivity contribution in [2.45, 2.75) is 0 Å². The van der Waals surface area contributed by atoms with Crippen LogP contribution in [0, 0.1) is 0 Å². The van der Waals surface area contributed by atoms with E-state index >= 15 is 0 Å². The summed E-state index contributed by atoms with van der Waals surface area (Å²) in [5, 5.41) is 0.686. The van der Waals surface area contributed by atoms with E-state index in [0.717, 1.165) is 22.4 Å². The van der Waals surface area contributed by atoms with Gasteiger partial charge in [0.1, 0.15) is 29.4 Å². The molecule has 0 fully saturated rings. The molecule has 0 bridgehead atoms. The van der Waals surface area contributed by atoms with E-state index in [0.29, 0.717) is 34.0 Å². The van der Waals surface area contributed by atoms with E-state index in [2.05, 4.69) is 9.97 Å². The van der Waals surface area contributed by atoms with E-state index in [1.807, 2.05) is 48.5 Å². The van der Waals surface area contributed by atoms with E-state index in [1.165, 1.54) is 6.33 Å². The lowest BCUT2D eigenvalue weighted by Gasteiger charge is -2.14. The van der Waals surface area contributed by atoms with Crippen molar-refractivity contribution in [3.8, 4) is 39.6 Å². The van der Waals surface area contributed by atoms with Gasteiger partial charge in [-0.15, -0.1) is 0 Å². The molecule has 0 spiro atoms. The van der Waals surface area contributed by atoms with Gasteiger partial charge in [-0.1, -0.05) is 12.1 Å². The minimum atomic E-state index is 0.365. The van der Waals surface area contributed by atoms with Crippen molar-refractivity contribution in [1.82, 2.24) is 15.0 Å². The zero-order valence-electron chi connectivity index (χ0n) is 16.3. The molecule has 0 aliphatic carbocycles. The molecular formula is C22H20N4O3. The number of benzene rings is 2. The minimum Gasteiger partial charge on any atom is -0.497 e. The summed E-state index contributed by atoms with van der Waals surface area (Å²) in [5.74, 6) is 2.48. The SMILES string of the molecule is COc1cccc(-c2cc(-c3cc(OC)ccc3OC)nc3ncnc(N)c23)c1. The predicted molar refractivity (Wildman–Crippen MR) is 112 cm³/mol. The fourth-order valence-corrected chi connectivity index (χ4v) is 3.26. The Hall–Kier alpha value is -3.87. The van der Waals surface area contributed by atoms with Crippen molar-refractivity contribution in [3.05, 3.63) is 54.9 Å². The van der Waals surface area contributed by atoms with E-state index in [9.17, 15) is 0 Å². The maximum atomic E-state index is 6.19. The topological polar surface area (TPSA) is 92.4 Å². The van der Waals surface area contributed by atoms with E-state index in [1.54, 1.807) is 21.3 Å². The molecule has 7 nitrogen and oxygen atoms in total. The van der Waals surface area contributed by atoms with Gasteiger partial charge >= 0.3 is 0 Å². The Balaban J connectivity index is 2.04. The molecule has 7 heteroatoms. The smallest absolute Gasteiger partial charge is 0.165 e. The Bertz CT molecular complexity index is 1190. The number of hydrogen-bond donors (Lipinski definition) is 1. The van der Waals surface area contributed by atoms with Crippen LogP contribution in [0.1, 0.15) is 0 Å². The first-order chi connectivity index (χ1) is 14.1. The molecule has 2 aromatic heterocycles. The second-order valence-electron chi connectivity index (χ2n) is 6.31. The molecule has 0 aliphatic rings. The number of methoxy groups -OCH3 is 3. The van der Waals surface area contributed by atoms with Gasteiger partial charge in [0.15, 0.2) is 5.65 Å². The molecule has 29 heavy (non-hydrogen) atoms. The molecule has 2 N–H and O–H groups in total. The van der Waals surface area contributed by atoms with Crippen LogP contribution in [0.5, 0.6) is 17.2 Å². The van der Waals surface area contributed by atoms with E-state index in [4.69, 9.17) is 24.9 Å². The molecule has 2 heterocycles. The van der Waals surface area contributed by atoms with Gasteiger partial charge in [-0.2, -0.15) is 0 Å². The normalized spacial score (nSPS) is 10.7. The lowest BCUT2D eigenvalue weighted by Crippen LogP contribution is -1.99. The van der Waals surface area contributed by atoms with Crippen molar-refractivity contribution < 1.29 is 14.2 Å². The Labute approximate surface area is 168 Å². The number of nitrogen functional groups attached to an aromatic ring is 1. The highest BCUT2D eigenvalue weighted by Crippen LogP contribution is 2.38. The average molecular weight is 388 g/mol. The summed E-state index contributed by atoms with van der Waals surface area (Å²) in [7, 11) is 4.87. The maximum Gasteiger partial charge on any atom is 0.165 e. The van der Waals surface area contributed by atoms with Gasteiger partial charge in [0, 0.05) is 5.56 Å². The Morgan fingerprint density at radius 2 is 1.59 bits per heavy atom. The van der Waals surface area contributed by atoms with Gasteiger partial charge in [0.05, 0.1) is 32.4 Å². The van der Waals surface area contributed by atoms with E-state index < -0.39 is 0 Å². The van der Waals surface area contributed by atoms with Crippen molar-refractivity contribution in [2.75, 3.05) is 27.1 Å². The molecule has 0 saturated carbocycles. The predicted octanol–water partition coefficient (Wildman–Crippen LogP) is 3.97. The number of anilines is 1. The highest BCUT2D eigenvalue weighted by atomic mass is 16.5. The second kappa shape index (κ2) is 7.63. The number of pyridine rings is 1. The van der Waals surface area contributed by atoms with Crippen molar-refractivity contribution in [1.29, 1.82) is 0 Å². The summed E-state index contributed by atoms with van der Waals surface area (Å²) in [4.78, 5) is 13.2. The number of ether oxygens (including phenoxy) is 3. The number of aromatic nitrogens is 3. The monoisotopic (exact) mass is 388 g/mol. The Morgan fingerprint density at radius 3 is 2.34 bits per heavy atom. The molecule has 146 valence electrons. The number of fused-ring (bicyclic) bond motifs is 1. The lowest BCUT2D eigenvalue weighted by atomic mass is 9.99. The van der Waals surface area contributed by atoms with Crippen LogP contribution in [-0.2, 0) is 0 Å². The van der Waals surface area contributed by atoms with Crippen LogP contribution in [0.3, 0.4) is 0 Å². The van der Waals surface area contributed by atoms with Crippen LogP contribution in [0.2, 0.25) is 0 Å². The third-order valence-corrected chi connectivity index (χ3v) is 4.70. The standard InChI is InChI=1S/C22H20N4O3/c1-27-14-6-4-5-13(9-14)16-11-18(26-22-20(16)21(23)24-12-25-22)17-10-15(28-2)7-8-19(17)29-3/h4-12H,1-3H3,(H2,23,24,25,26). The molecule has 4 aromatic rings. The molecule has 0 aliphatic heterocycles. The molecule has 0 radical (unpaired) electrons. The summed E-state index contributed by atoms with van der Waals surface area (Å²) in [6.45, 7) is 0. The fourth-order valence-electron chi connectivity index (χ4n) is 3.26. The maximum absolute atomic E-state index is 6.19. The van der Waals surface area contributed by atoms with Crippen LogP contribution in [0.4, 0.5) is 5.82 Å². The van der Waals surface area contributed by atoms with Gasteiger partial charge in [-0.3, -0.25) is 0 Å². The van der Waals surface area contributed by atoms with Gasteiger partial charge in [0.2, 0.25) is 0 Å². The summed E-state index contributed by atoms with van der Waals surface area (Å²) < 4.78 is 16.3. The first kappa shape index (κ1) is 18.5. The number of hydrogen-bond acceptors (Lipinski definition) is 7. The van der Waals surface area contributed by atoms with Gasteiger partial charge < -0.3 is 19.9 Å². The van der Waals surface area contributed by atoms with Crippen LogP contribution in [-0.4, -0.2) is 36.3 Å². The minimum absolute atomic E-state index is 0.365. The van der Waals surface area contributed by atoms with Crippen molar-refractivity contribution in [2.24, 2.45) is 0 Å². The first-order valence-corrected chi connectivity index (χ1v) is 8.92.